The quantitative estimate of drug-likeness (QED) is 0.659. The molecular formula is C14H13FN4O2. The maximum absolute atomic E-state index is 13.7. The molecule has 0 aliphatic carbocycles. The van der Waals surface area contributed by atoms with Crippen molar-refractivity contribution in [3.8, 4) is 5.75 Å². The minimum Gasteiger partial charge on any atom is -0.481 e. The summed E-state index contributed by atoms with van der Waals surface area (Å²) >= 11 is 0. The summed E-state index contributed by atoms with van der Waals surface area (Å²) in [5.41, 5.74) is 3.55. The summed E-state index contributed by atoms with van der Waals surface area (Å²) < 4.78 is 19.0. The molecule has 0 atom stereocenters. The summed E-state index contributed by atoms with van der Waals surface area (Å²) in [6.45, 7) is 0.153. The summed E-state index contributed by atoms with van der Waals surface area (Å²) in [5.74, 6) is 4.82. The fraction of sp³-hybridized carbons (Fsp3) is 0.143. The number of hydrogen-bond donors (Lipinski definition) is 2. The third kappa shape index (κ3) is 2.50. The van der Waals surface area contributed by atoms with E-state index in [9.17, 15) is 9.18 Å². The molecule has 7 heteroatoms. The van der Waals surface area contributed by atoms with E-state index in [2.05, 4.69) is 10.4 Å². The van der Waals surface area contributed by atoms with Crippen LogP contribution in [0.3, 0.4) is 0 Å². The second-order valence-corrected chi connectivity index (χ2v) is 4.53. The first-order valence-corrected chi connectivity index (χ1v) is 6.32. The van der Waals surface area contributed by atoms with Crippen LogP contribution in [0, 0.1) is 5.82 Å². The summed E-state index contributed by atoms with van der Waals surface area (Å²) in [6.07, 6.45) is 1.65. The van der Waals surface area contributed by atoms with E-state index in [0.717, 1.165) is 5.69 Å². The van der Waals surface area contributed by atoms with Gasteiger partial charge in [0, 0.05) is 12.3 Å². The topological polar surface area (TPSA) is 80.5 Å². The van der Waals surface area contributed by atoms with E-state index in [4.69, 9.17) is 10.6 Å². The molecule has 21 heavy (non-hydrogen) atoms. The van der Waals surface area contributed by atoms with Crippen LogP contribution < -0.4 is 20.9 Å². The van der Waals surface area contributed by atoms with E-state index in [1.54, 1.807) is 12.3 Å². The molecule has 1 aromatic carbocycles. The predicted octanol–water partition coefficient (Wildman–Crippen LogP) is 1.43. The Bertz CT molecular complexity index is 678. The number of anilines is 2. The van der Waals surface area contributed by atoms with E-state index in [1.807, 2.05) is 12.1 Å². The van der Waals surface area contributed by atoms with Gasteiger partial charge in [0.25, 0.3) is 5.91 Å². The monoisotopic (exact) mass is 288 g/mol. The number of benzene rings is 1. The number of carbonyl (C=O) groups excluding carboxylic acids is 1. The normalized spacial score (nSPS) is 13.6. The number of nitrogen functional groups attached to an aromatic ring is 1. The van der Waals surface area contributed by atoms with E-state index >= 15 is 0 Å². The fourth-order valence-electron chi connectivity index (χ4n) is 2.16. The van der Waals surface area contributed by atoms with Crippen molar-refractivity contribution >= 4 is 17.3 Å². The second-order valence-electron chi connectivity index (χ2n) is 4.53. The Morgan fingerprint density at radius 1 is 1.43 bits per heavy atom. The molecule has 1 aromatic heterocycles. The number of aromatic nitrogens is 1. The zero-order valence-electron chi connectivity index (χ0n) is 11.0. The van der Waals surface area contributed by atoms with Crippen molar-refractivity contribution < 1.29 is 13.9 Å². The number of nitrogens with one attached hydrogen (secondary N) is 1. The average molecular weight is 288 g/mol. The van der Waals surface area contributed by atoms with Crippen LogP contribution in [0.4, 0.5) is 15.8 Å². The van der Waals surface area contributed by atoms with Gasteiger partial charge in [0.1, 0.15) is 5.75 Å². The van der Waals surface area contributed by atoms with Gasteiger partial charge in [-0.1, -0.05) is 6.07 Å². The molecule has 3 rings (SSSR count). The zero-order valence-corrected chi connectivity index (χ0v) is 11.0. The lowest BCUT2D eigenvalue weighted by molar-refractivity contribution is -0.121. The largest absolute Gasteiger partial charge is 0.481 e. The van der Waals surface area contributed by atoms with Gasteiger partial charge in [0.2, 0.25) is 0 Å². The Morgan fingerprint density at radius 2 is 2.29 bits per heavy atom. The van der Waals surface area contributed by atoms with Gasteiger partial charge in [0.15, 0.2) is 12.4 Å². The molecule has 0 saturated carbocycles. The average Bonchev–Trinajstić information content (AvgIpc) is 2.51. The maximum Gasteiger partial charge on any atom is 0.265 e. The van der Waals surface area contributed by atoms with Crippen LogP contribution in [0.5, 0.6) is 5.75 Å². The Labute approximate surface area is 120 Å². The van der Waals surface area contributed by atoms with Crippen molar-refractivity contribution in [3.05, 3.63) is 48.0 Å². The molecule has 0 spiro atoms. The molecule has 0 unspecified atom stereocenters. The summed E-state index contributed by atoms with van der Waals surface area (Å²) in [7, 11) is 0. The standard InChI is InChI=1S/C14H13FN4O2/c15-10-5-13-12(6-11(10)18-16)19(14(20)8-21-13)7-9-3-1-2-4-17-9/h1-6,18H,7-8,16H2. The first-order chi connectivity index (χ1) is 10.2. The van der Waals surface area contributed by atoms with Gasteiger partial charge >= 0.3 is 0 Å². The number of nitrogens with zero attached hydrogens (tertiary/aromatic N) is 2. The molecule has 6 nitrogen and oxygen atoms in total. The lowest BCUT2D eigenvalue weighted by Gasteiger charge is -2.29. The highest BCUT2D eigenvalue weighted by Gasteiger charge is 2.27. The SMILES string of the molecule is NNc1cc2c(cc1F)OCC(=O)N2Cc1ccccn1. The van der Waals surface area contributed by atoms with E-state index < -0.39 is 5.82 Å². The molecule has 0 saturated heterocycles. The Balaban J connectivity index is 2.00. The lowest BCUT2D eigenvalue weighted by Crippen LogP contribution is -2.38. The van der Waals surface area contributed by atoms with Gasteiger partial charge < -0.3 is 10.2 Å². The highest BCUT2D eigenvalue weighted by atomic mass is 19.1. The smallest absolute Gasteiger partial charge is 0.265 e. The van der Waals surface area contributed by atoms with Gasteiger partial charge in [-0.15, -0.1) is 0 Å². The number of ether oxygens (including phenoxy) is 1. The first kappa shape index (κ1) is 13.3. The summed E-state index contributed by atoms with van der Waals surface area (Å²) in [4.78, 5) is 17.8. The molecule has 3 N–H and O–H groups in total. The number of pyridine rings is 1. The van der Waals surface area contributed by atoms with Crippen LogP contribution in [0.2, 0.25) is 0 Å². The van der Waals surface area contributed by atoms with Crippen molar-refractivity contribution in [2.75, 3.05) is 16.9 Å². The third-order valence-corrected chi connectivity index (χ3v) is 3.19. The molecule has 1 amide bonds. The number of rotatable bonds is 3. The Hall–Kier alpha value is -2.67. The van der Waals surface area contributed by atoms with Crippen LogP contribution in [-0.4, -0.2) is 17.5 Å². The highest BCUT2D eigenvalue weighted by Crippen LogP contribution is 2.36. The Morgan fingerprint density at radius 3 is 3.00 bits per heavy atom. The zero-order chi connectivity index (χ0) is 14.8. The molecular weight excluding hydrogens is 275 g/mol. The number of hydrazine groups is 1. The minimum atomic E-state index is -0.539. The number of carbonyl (C=O) groups is 1. The highest BCUT2D eigenvalue weighted by molar-refractivity contribution is 5.98. The van der Waals surface area contributed by atoms with Crippen LogP contribution >= 0.6 is 0 Å². The first-order valence-electron chi connectivity index (χ1n) is 6.32. The van der Waals surface area contributed by atoms with Gasteiger partial charge in [-0.3, -0.25) is 20.5 Å². The molecule has 108 valence electrons. The summed E-state index contributed by atoms with van der Waals surface area (Å²) in [6, 6.07) is 8.11. The molecule has 2 heterocycles. The lowest BCUT2D eigenvalue weighted by atomic mass is 10.2. The van der Waals surface area contributed by atoms with E-state index in [1.165, 1.54) is 17.0 Å². The maximum atomic E-state index is 13.7. The Kier molecular flexibility index (Phi) is 3.41. The number of hydrogen-bond acceptors (Lipinski definition) is 5. The van der Waals surface area contributed by atoms with Crippen molar-refractivity contribution in [1.29, 1.82) is 0 Å². The van der Waals surface area contributed by atoms with Crippen molar-refractivity contribution in [2.24, 2.45) is 5.84 Å². The predicted molar refractivity (Wildman–Crippen MR) is 75.1 cm³/mol. The van der Waals surface area contributed by atoms with Crippen LogP contribution in [-0.2, 0) is 11.3 Å². The van der Waals surface area contributed by atoms with Gasteiger partial charge in [-0.2, -0.15) is 0 Å². The number of amides is 1. The van der Waals surface area contributed by atoms with E-state index in [0.29, 0.717) is 11.4 Å². The summed E-state index contributed by atoms with van der Waals surface area (Å²) in [5, 5.41) is 0. The van der Waals surface area contributed by atoms with Gasteiger partial charge in [-0.05, 0) is 18.2 Å². The fourth-order valence-corrected chi connectivity index (χ4v) is 2.16. The second kappa shape index (κ2) is 5.37. The molecule has 0 radical (unpaired) electrons. The van der Waals surface area contributed by atoms with Gasteiger partial charge in [-0.25, -0.2) is 4.39 Å². The number of fused-ring (bicyclic) bond motifs is 1. The molecule has 2 aromatic rings. The number of halogens is 1. The van der Waals surface area contributed by atoms with Crippen molar-refractivity contribution in [1.82, 2.24) is 4.98 Å². The van der Waals surface area contributed by atoms with Crippen LogP contribution in [0.1, 0.15) is 5.69 Å². The van der Waals surface area contributed by atoms with Crippen LogP contribution in [0.15, 0.2) is 36.5 Å². The molecule has 0 bridgehead atoms. The molecule has 1 aliphatic rings. The molecule has 1 aliphatic heterocycles. The van der Waals surface area contributed by atoms with Crippen LogP contribution in [0.25, 0.3) is 0 Å². The molecule has 0 fully saturated rings. The van der Waals surface area contributed by atoms with Crippen molar-refractivity contribution in [2.45, 2.75) is 6.54 Å². The minimum absolute atomic E-state index is 0.0954. The van der Waals surface area contributed by atoms with E-state index in [-0.39, 0.29) is 24.7 Å². The van der Waals surface area contributed by atoms with Crippen molar-refractivity contribution in [3.63, 3.8) is 0 Å². The number of nitrogens with two attached hydrogens (primary N) is 1. The third-order valence-electron chi connectivity index (χ3n) is 3.19. The van der Waals surface area contributed by atoms with Gasteiger partial charge in [0.05, 0.1) is 23.6 Å².